The number of nitrogens with one attached hydrogen (secondary N) is 1. The molecule has 0 bridgehead atoms. The van der Waals surface area contributed by atoms with Crippen molar-refractivity contribution in [1.29, 1.82) is 0 Å². The summed E-state index contributed by atoms with van der Waals surface area (Å²) >= 11 is 0. The lowest BCUT2D eigenvalue weighted by molar-refractivity contribution is -0.145. The zero-order valence-corrected chi connectivity index (χ0v) is 29.9. The SMILES string of the molecule is COc1ccc2c(O[C@@H]3C[C@H]4C(=O)N[C@]5(C(N)=O)C[C@H]5/C=C\CCCCC[C@H](CC(=O)N5CCCCC5)C(=O)N4C3)cc(-c3ccccc3)nc2c1. The van der Waals surface area contributed by atoms with Gasteiger partial charge in [0.25, 0.3) is 0 Å². The lowest BCUT2D eigenvalue weighted by Crippen LogP contribution is -2.55. The molecule has 4 aliphatic rings. The van der Waals surface area contributed by atoms with E-state index in [-0.39, 0.29) is 37.1 Å². The topological polar surface area (TPSA) is 144 Å². The van der Waals surface area contributed by atoms with Crippen LogP contribution >= 0.6 is 0 Å². The molecular formula is C41H49N5O6. The number of benzene rings is 2. The van der Waals surface area contributed by atoms with Gasteiger partial charge >= 0.3 is 0 Å². The molecule has 2 saturated heterocycles. The number of allylic oxidation sites excluding steroid dienone is 1. The van der Waals surface area contributed by atoms with Crippen molar-refractivity contribution in [2.24, 2.45) is 17.6 Å². The first-order valence-corrected chi connectivity index (χ1v) is 18.8. The number of nitrogens with two attached hydrogens (primary N) is 1. The van der Waals surface area contributed by atoms with E-state index in [4.69, 9.17) is 20.2 Å². The maximum Gasteiger partial charge on any atom is 0.243 e. The minimum Gasteiger partial charge on any atom is -0.497 e. The van der Waals surface area contributed by atoms with Gasteiger partial charge in [-0.2, -0.15) is 0 Å². The lowest BCUT2D eigenvalue weighted by atomic mass is 9.94. The Kier molecular flexibility index (Phi) is 10.5. The summed E-state index contributed by atoms with van der Waals surface area (Å²) in [5.41, 5.74) is 7.02. The number of pyridine rings is 1. The van der Waals surface area contributed by atoms with Gasteiger partial charge < -0.3 is 30.3 Å². The molecule has 3 fully saturated rings. The molecule has 274 valence electrons. The molecule has 1 saturated carbocycles. The number of ether oxygens (including phenoxy) is 2. The van der Waals surface area contributed by atoms with Gasteiger partial charge in [-0.1, -0.05) is 55.3 Å². The van der Waals surface area contributed by atoms with Crippen molar-refractivity contribution in [2.75, 3.05) is 26.7 Å². The molecule has 4 amide bonds. The maximum absolute atomic E-state index is 14.6. The van der Waals surface area contributed by atoms with E-state index in [1.54, 1.807) is 12.0 Å². The highest BCUT2D eigenvalue weighted by Gasteiger charge is 2.60. The molecule has 3 N–H and O–H groups in total. The van der Waals surface area contributed by atoms with Crippen LogP contribution in [0.15, 0.2) is 66.7 Å². The summed E-state index contributed by atoms with van der Waals surface area (Å²) in [4.78, 5) is 63.6. The first-order valence-electron chi connectivity index (χ1n) is 18.8. The van der Waals surface area contributed by atoms with E-state index in [1.807, 2.05) is 65.6 Å². The van der Waals surface area contributed by atoms with Gasteiger partial charge in [0.05, 0.1) is 24.9 Å². The third-order valence-corrected chi connectivity index (χ3v) is 11.3. The third kappa shape index (κ3) is 7.49. The van der Waals surface area contributed by atoms with Crippen LogP contribution in [0.4, 0.5) is 0 Å². The highest BCUT2D eigenvalue weighted by molar-refractivity contribution is 5.97. The Morgan fingerprint density at radius 1 is 1.00 bits per heavy atom. The van der Waals surface area contributed by atoms with Crippen molar-refractivity contribution >= 4 is 34.5 Å². The number of nitrogens with zero attached hydrogens (tertiary/aromatic N) is 3. The number of carbonyl (C=O) groups is 4. The Bertz CT molecular complexity index is 1840. The van der Waals surface area contributed by atoms with E-state index in [0.717, 1.165) is 55.9 Å². The van der Waals surface area contributed by atoms with Gasteiger partial charge in [0.15, 0.2) is 0 Å². The summed E-state index contributed by atoms with van der Waals surface area (Å²) in [6.07, 6.45) is 11.3. The van der Waals surface area contributed by atoms with Crippen LogP contribution in [0.1, 0.15) is 70.6 Å². The number of hydrogen-bond acceptors (Lipinski definition) is 7. The lowest BCUT2D eigenvalue weighted by Gasteiger charge is -2.31. The molecule has 3 aromatic rings. The number of carbonyl (C=O) groups excluding carboxylic acids is 4. The van der Waals surface area contributed by atoms with Gasteiger partial charge in [-0.25, -0.2) is 4.98 Å². The second-order valence-electron chi connectivity index (χ2n) is 14.8. The number of likely N-dealkylation sites (tertiary alicyclic amines) is 1. The molecule has 3 aliphatic heterocycles. The van der Waals surface area contributed by atoms with E-state index >= 15 is 0 Å². The van der Waals surface area contributed by atoms with Crippen LogP contribution in [0, 0.1) is 11.8 Å². The Labute approximate surface area is 304 Å². The molecule has 0 spiro atoms. The molecule has 0 unspecified atom stereocenters. The van der Waals surface area contributed by atoms with E-state index in [2.05, 4.69) is 11.4 Å². The normalized spacial score (nSPS) is 27.4. The molecule has 0 radical (unpaired) electrons. The van der Waals surface area contributed by atoms with Gasteiger partial charge in [-0.05, 0) is 57.1 Å². The van der Waals surface area contributed by atoms with Gasteiger partial charge in [-0.3, -0.25) is 19.2 Å². The quantitative estimate of drug-likeness (QED) is 0.323. The number of aromatic nitrogens is 1. The predicted molar refractivity (Wildman–Crippen MR) is 197 cm³/mol. The molecule has 1 aliphatic carbocycles. The van der Waals surface area contributed by atoms with E-state index < -0.39 is 35.4 Å². The second-order valence-corrected chi connectivity index (χ2v) is 14.8. The Morgan fingerprint density at radius 3 is 2.56 bits per heavy atom. The monoisotopic (exact) mass is 707 g/mol. The van der Waals surface area contributed by atoms with Crippen LogP contribution in [0.25, 0.3) is 22.2 Å². The standard InChI is InChI=1S/C41H49N5O6/c1-51-30-17-18-32-34(22-30)43-33(27-13-8-5-9-14-27)24-36(32)52-31-23-35-38(48)44-41(40(42)50)25-29(41)16-10-4-2-3-7-15-28(39(49)46(35)26-31)21-37(47)45-19-11-6-12-20-45/h5,8-10,13-14,16-18,22,24,28-29,31,35H,2-4,6-7,11-12,15,19-21,23,25-26H2,1H3,(H2,42,50)(H,44,48)/b16-10-/t28-,29-,31-,35+,41-/m1/s1. The van der Waals surface area contributed by atoms with E-state index in [1.165, 1.54) is 0 Å². The number of piperidine rings is 1. The van der Waals surface area contributed by atoms with E-state index in [0.29, 0.717) is 48.6 Å². The van der Waals surface area contributed by atoms with Crippen LogP contribution in [-0.2, 0) is 19.2 Å². The van der Waals surface area contributed by atoms with Gasteiger partial charge in [0.1, 0.15) is 29.2 Å². The molecule has 7 rings (SSSR count). The minimum atomic E-state index is -1.18. The molecule has 11 heteroatoms. The highest BCUT2D eigenvalue weighted by atomic mass is 16.5. The predicted octanol–water partition coefficient (Wildman–Crippen LogP) is 5.16. The third-order valence-electron chi connectivity index (χ3n) is 11.3. The first-order chi connectivity index (χ1) is 25.3. The molecule has 1 aromatic heterocycles. The minimum absolute atomic E-state index is 0.00692. The molecule has 5 atom stereocenters. The number of amides is 4. The average molecular weight is 708 g/mol. The van der Waals surface area contributed by atoms with Crippen LogP contribution in [0.2, 0.25) is 0 Å². The summed E-state index contributed by atoms with van der Waals surface area (Å²) < 4.78 is 12.2. The number of fused-ring (bicyclic) bond motifs is 3. The van der Waals surface area contributed by atoms with Crippen molar-refractivity contribution < 1.29 is 28.7 Å². The van der Waals surface area contributed by atoms with E-state index in [9.17, 15) is 19.2 Å². The number of hydrogen-bond donors (Lipinski definition) is 2. The fourth-order valence-electron chi connectivity index (χ4n) is 8.14. The van der Waals surface area contributed by atoms with Gasteiger partial charge in [0.2, 0.25) is 23.6 Å². The fourth-order valence-corrected chi connectivity index (χ4v) is 8.14. The van der Waals surface area contributed by atoms with Crippen molar-refractivity contribution in [3.05, 3.63) is 66.7 Å². The van der Waals surface area contributed by atoms with Crippen molar-refractivity contribution in [3.63, 3.8) is 0 Å². The summed E-state index contributed by atoms with van der Waals surface area (Å²) in [5.74, 6) is -0.770. The van der Waals surface area contributed by atoms with Crippen molar-refractivity contribution in [2.45, 2.75) is 88.3 Å². The Hall–Kier alpha value is -4.93. The number of methoxy groups -OCH3 is 1. The zero-order chi connectivity index (χ0) is 36.2. The second kappa shape index (κ2) is 15.4. The smallest absolute Gasteiger partial charge is 0.243 e. The summed E-state index contributed by atoms with van der Waals surface area (Å²) in [7, 11) is 1.61. The summed E-state index contributed by atoms with van der Waals surface area (Å²) in [6, 6.07) is 16.4. The maximum atomic E-state index is 14.6. The Balaban J connectivity index is 1.21. The highest BCUT2D eigenvalue weighted by Crippen LogP contribution is 2.45. The zero-order valence-electron chi connectivity index (χ0n) is 29.9. The van der Waals surface area contributed by atoms with Crippen LogP contribution in [0.5, 0.6) is 11.5 Å². The molecule has 11 nitrogen and oxygen atoms in total. The first kappa shape index (κ1) is 35.5. The van der Waals surface area contributed by atoms with Crippen LogP contribution in [0.3, 0.4) is 0 Å². The van der Waals surface area contributed by atoms with Gasteiger partial charge in [-0.15, -0.1) is 0 Å². The fraction of sp³-hybridized carbons (Fsp3) is 0.488. The molecule has 4 heterocycles. The molecular weight excluding hydrogens is 658 g/mol. The molecule has 2 aromatic carbocycles. The number of primary amides is 1. The van der Waals surface area contributed by atoms with Crippen LogP contribution < -0.4 is 20.5 Å². The van der Waals surface area contributed by atoms with Gasteiger partial charge in [0, 0.05) is 60.8 Å². The largest absolute Gasteiger partial charge is 0.497 e. The van der Waals surface area contributed by atoms with Crippen molar-refractivity contribution in [1.82, 2.24) is 20.1 Å². The summed E-state index contributed by atoms with van der Waals surface area (Å²) in [6.45, 7) is 1.58. The number of rotatable bonds is 7. The van der Waals surface area contributed by atoms with Crippen molar-refractivity contribution in [3.8, 4) is 22.8 Å². The summed E-state index contributed by atoms with van der Waals surface area (Å²) in [5, 5.41) is 3.75. The Morgan fingerprint density at radius 2 is 1.79 bits per heavy atom. The average Bonchev–Trinajstić information content (AvgIpc) is 3.70. The molecule has 52 heavy (non-hydrogen) atoms. The van der Waals surface area contributed by atoms with Crippen LogP contribution in [-0.4, -0.2) is 82.8 Å².